The van der Waals surface area contributed by atoms with Crippen molar-refractivity contribution in [1.82, 2.24) is 5.06 Å². The highest BCUT2D eigenvalue weighted by Gasteiger charge is 2.32. The second kappa shape index (κ2) is 12.0. The zero-order chi connectivity index (χ0) is 23.0. The number of halogens is 1. The lowest BCUT2D eigenvalue weighted by atomic mass is 10.1. The van der Waals surface area contributed by atoms with Gasteiger partial charge in [0, 0.05) is 5.56 Å². The molecule has 33 heavy (non-hydrogen) atoms. The first-order chi connectivity index (χ1) is 15.3. The van der Waals surface area contributed by atoms with Crippen LogP contribution in [0.5, 0.6) is 5.75 Å². The van der Waals surface area contributed by atoms with Crippen molar-refractivity contribution < 1.29 is 14.4 Å². The normalized spacial score (nSPS) is 14.9. The molecule has 0 aliphatic carbocycles. The highest BCUT2D eigenvalue weighted by atomic mass is 35.5. The lowest BCUT2D eigenvalue weighted by Crippen LogP contribution is -2.53. The van der Waals surface area contributed by atoms with Crippen LogP contribution in [-0.4, -0.2) is 41.6 Å². The molecule has 0 atom stereocenters. The number of ether oxygens (including phenoxy) is 1. The first kappa shape index (κ1) is 25.9. The van der Waals surface area contributed by atoms with Crippen molar-refractivity contribution in [3.05, 3.63) is 71.8 Å². The van der Waals surface area contributed by atoms with E-state index in [4.69, 9.17) is 21.0 Å². The Morgan fingerprint density at radius 3 is 2.36 bits per heavy atom. The number of ketones is 1. The maximum atomic E-state index is 12.1. The number of nitrogens with zero attached hydrogens (tertiary/aromatic N) is 3. The molecule has 1 heterocycles. The van der Waals surface area contributed by atoms with Crippen molar-refractivity contribution >= 4 is 36.2 Å². The predicted molar refractivity (Wildman–Crippen MR) is 133 cm³/mol. The SMILES string of the molecule is CC1(C)N=C(N)N=C(N)N1OCCCCOc1ccc(/C=C/C(=O)c2ccccc2)cc1.Cl. The quantitative estimate of drug-likeness (QED) is 0.309. The molecule has 9 heteroatoms. The summed E-state index contributed by atoms with van der Waals surface area (Å²) in [6.45, 7) is 4.71. The third-order valence-electron chi connectivity index (χ3n) is 4.72. The average Bonchev–Trinajstić information content (AvgIpc) is 2.76. The highest BCUT2D eigenvalue weighted by molar-refractivity contribution is 6.06. The van der Waals surface area contributed by atoms with Crippen molar-refractivity contribution in [3.63, 3.8) is 0 Å². The van der Waals surface area contributed by atoms with Gasteiger partial charge in [0.05, 0.1) is 13.2 Å². The van der Waals surface area contributed by atoms with Gasteiger partial charge in [0.2, 0.25) is 11.9 Å². The lowest BCUT2D eigenvalue weighted by Gasteiger charge is -2.36. The number of hydrogen-bond donors (Lipinski definition) is 2. The van der Waals surface area contributed by atoms with Crippen LogP contribution >= 0.6 is 12.4 Å². The Morgan fingerprint density at radius 1 is 1.03 bits per heavy atom. The summed E-state index contributed by atoms with van der Waals surface area (Å²) < 4.78 is 5.78. The van der Waals surface area contributed by atoms with Crippen LogP contribution in [0, 0.1) is 0 Å². The molecule has 0 saturated carbocycles. The second-order valence-corrected chi connectivity index (χ2v) is 7.75. The number of carbonyl (C=O) groups excluding carboxylic acids is 1. The number of guanidine groups is 2. The number of carbonyl (C=O) groups is 1. The Morgan fingerprint density at radius 2 is 1.70 bits per heavy atom. The molecule has 3 rings (SSSR count). The Kier molecular flexibility index (Phi) is 9.44. The van der Waals surface area contributed by atoms with Crippen molar-refractivity contribution in [3.8, 4) is 5.75 Å². The highest BCUT2D eigenvalue weighted by Crippen LogP contribution is 2.20. The lowest BCUT2D eigenvalue weighted by molar-refractivity contribution is -0.157. The molecule has 0 saturated heterocycles. The van der Waals surface area contributed by atoms with Crippen LogP contribution in [0.25, 0.3) is 6.08 Å². The van der Waals surface area contributed by atoms with E-state index in [1.54, 1.807) is 24.3 Å². The van der Waals surface area contributed by atoms with Gasteiger partial charge in [-0.25, -0.2) is 4.99 Å². The van der Waals surface area contributed by atoms with E-state index >= 15 is 0 Å². The van der Waals surface area contributed by atoms with Gasteiger partial charge in [0.1, 0.15) is 5.75 Å². The zero-order valence-corrected chi connectivity index (χ0v) is 19.6. The number of rotatable bonds is 10. The first-order valence-corrected chi connectivity index (χ1v) is 10.5. The molecule has 0 amide bonds. The Labute approximate surface area is 200 Å². The summed E-state index contributed by atoms with van der Waals surface area (Å²) in [4.78, 5) is 26.0. The van der Waals surface area contributed by atoms with Crippen LogP contribution in [0.1, 0.15) is 42.6 Å². The van der Waals surface area contributed by atoms with Crippen LogP contribution < -0.4 is 16.2 Å². The fourth-order valence-electron chi connectivity index (χ4n) is 3.11. The standard InChI is InChI=1S/C24H29N5O3.ClH/c1-24(2)28-22(25)27-23(26)29(24)32-17-7-6-16-31-20-13-10-18(11-14-20)12-15-21(30)19-8-4-3-5-9-19;/h3-5,8-15H,6-7,16-17H2,1-2H3,(H4,25,26,27,28);1H/b15-12+;. The minimum Gasteiger partial charge on any atom is -0.494 e. The maximum absolute atomic E-state index is 12.1. The minimum absolute atomic E-state index is 0. The molecule has 0 radical (unpaired) electrons. The van der Waals surface area contributed by atoms with E-state index in [0.29, 0.717) is 18.8 Å². The van der Waals surface area contributed by atoms with Crippen molar-refractivity contribution in [2.75, 3.05) is 13.2 Å². The maximum Gasteiger partial charge on any atom is 0.226 e. The Bertz CT molecular complexity index is 1000. The molecule has 0 aromatic heterocycles. The number of unbranched alkanes of at least 4 members (excludes halogenated alkanes) is 1. The Hall–Kier alpha value is -3.36. The van der Waals surface area contributed by atoms with Gasteiger partial charge >= 0.3 is 0 Å². The average molecular weight is 472 g/mol. The van der Waals surface area contributed by atoms with E-state index < -0.39 is 5.66 Å². The molecule has 0 spiro atoms. The van der Waals surface area contributed by atoms with E-state index in [1.807, 2.05) is 56.3 Å². The first-order valence-electron chi connectivity index (χ1n) is 10.5. The molecule has 0 unspecified atom stereocenters. The summed E-state index contributed by atoms with van der Waals surface area (Å²) >= 11 is 0. The van der Waals surface area contributed by atoms with Crippen LogP contribution in [0.4, 0.5) is 0 Å². The summed E-state index contributed by atoms with van der Waals surface area (Å²) in [6, 6.07) is 16.8. The van der Waals surface area contributed by atoms with E-state index in [-0.39, 0.29) is 30.1 Å². The molecule has 1 aliphatic rings. The number of hydroxylamine groups is 2. The monoisotopic (exact) mass is 471 g/mol. The third-order valence-corrected chi connectivity index (χ3v) is 4.72. The van der Waals surface area contributed by atoms with Crippen LogP contribution in [0.15, 0.2) is 70.7 Å². The molecular formula is C24H30ClN5O3. The topological polar surface area (TPSA) is 116 Å². The molecule has 2 aromatic rings. The fourth-order valence-corrected chi connectivity index (χ4v) is 3.11. The van der Waals surface area contributed by atoms with E-state index in [1.165, 1.54) is 5.06 Å². The molecule has 4 N–H and O–H groups in total. The Balaban J connectivity index is 0.00000385. The van der Waals surface area contributed by atoms with Crippen molar-refractivity contribution in [2.24, 2.45) is 21.5 Å². The van der Waals surface area contributed by atoms with E-state index in [0.717, 1.165) is 24.2 Å². The molecular weight excluding hydrogens is 442 g/mol. The number of allylic oxidation sites excluding steroid dienone is 1. The second-order valence-electron chi connectivity index (χ2n) is 7.75. The van der Waals surface area contributed by atoms with Crippen LogP contribution in [-0.2, 0) is 4.84 Å². The van der Waals surface area contributed by atoms with Gasteiger partial charge in [-0.1, -0.05) is 48.5 Å². The van der Waals surface area contributed by atoms with Gasteiger partial charge in [-0.2, -0.15) is 10.1 Å². The molecule has 176 valence electrons. The summed E-state index contributed by atoms with van der Waals surface area (Å²) in [5, 5.41) is 1.47. The summed E-state index contributed by atoms with van der Waals surface area (Å²) in [7, 11) is 0. The minimum atomic E-state index is -0.700. The van der Waals surface area contributed by atoms with Gasteiger partial charge in [-0.15, -0.1) is 12.4 Å². The number of benzene rings is 2. The molecule has 2 aromatic carbocycles. The van der Waals surface area contributed by atoms with Gasteiger partial charge in [0.25, 0.3) is 0 Å². The smallest absolute Gasteiger partial charge is 0.226 e. The van der Waals surface area contributed by atoms with Crippen LogP contribution in [0.2, 0.25) is 0 Å². The third kappa shape index (κ3) is 7.62. The summed E-state index contributed by atoms with van der Waals surface area (Å²) in [5.41, 5.74) is 12.4. The van der Waals surface area contributed by atoms with Gasteiger partial charge < -0.3 is 16.2 Å². The molecule has 0 fully saturated rings. The van der Waals surface area contributed by atoms with E-state index in [9.17, 15) is 4.79 Å². The van der Waals surface area contributed by atoms with Gasteiger partial charge in [0.15, 0.2) is 11.4 Å². The largest absolute Gasteiger partial charge is 0.494 e. The van der Waals surface area contributed by atoms with Crippen molar-refractivity contribution in [2.45, 2.75) is 32.4 Å². The number of nitrogens with two attached hydrogens (primary N) is 2. The zero-order valence-electron chi connectivity index (χ0n) is 18.8. The molecule has 1 aliphatic heterocycles. The van der Waals surface area contributed by atoms with Gasteiger partial charge in [-0.05, 0) is 50.5 Å². The summed E-state index contributed by atoms with van der Waals surface area (Å²) in [6.07, 6.45) is 4.96. The number of aliphatic imine (C=N–C) groups is 2. The fraction of sp³-hybridized carbons (Fsp3) is 0.292. The predicted octanol–water partition coefficient (Wildman–Crippen LogP) is 3.78. The number of hydrogen-bond acceptors (Lipinski definition) is 8. The molecule has 8 nitrogen and oxygen atoms in total. The van der Waals surface area contributed by atoms with E-state index in [2.05, 4.69) is 9.98 Å². The van der Waals surface area contributed by atoms with Crippen molar-refractivity contribution in [1.29, 1.82) is 0 Å². The summed E-state index contributed by atoms with van der Waals surface area (Å²) in [5.74, 6) is 1.09. The van der Waals surface area contributed by atoms with Crippen LogP contribution in [0.3, 0.4) is 0 Å². The molecule has 0 bridgehead atoms. The van der Waals surface area contributed by atoms with Gasteiger partial charge in [-0.3, -0.25) is 9.63 Å².